The number of hydrogen-bond donors (Lipinski definition) is 2. The molecule has 2 amide bonds. The van der Waals surface area contributed by atoms with Gasteiger partial charge in [0.05, 0.1) is 0 Å². The Morgan fingerprint density at radius 1 is 1.04 bits per heavy atom. The first-order valence-corrected chi connectivity index (χ1v) is 7.31. The number of nitrogens with one attached hydrogen (secondary N) is 2. The smallest absolute Gasteiger partial charge is 0.270 e. The van der Waals surface area contributed by atoms with Gasteiger partial charge in [-0.15, -0.1) is 0 Å². The van der Waals surface area contributed by atoms with Gasteiger partial charge in [0.15, 0.2) is 0 Å². The van der Waals surface area contributed by atoms with E-state index in [9.17, 15) is 9.59 Å². The zero-order valence-corrected chi connectivity index (χ0v) is 13.5. The predicted molar refractivity (Wildman–Crippen MR) is 86.9 cm³/mol. The summed E-state index contributed by atoms with van der Waals surface area (Å²) in [6.07, 6.45) is 4.79. The van der Waals surface area contributed by atoms with E-state index in [1.165, 1.54) is 12.3 Å². The number of pyridine rings is 2. The van der Waals surface area contributed by atoms with E-state index in [1.54, 1.807) is 18.5 Å². The molecule has 0 aromatic carbocycles. The Bertz CT molecular complexity index is 693. The third-order valence-electron chi connectivity index (χ3n) is 2.95. The summed E-state index contributed by atoms with van der Waals surface area (Å²) in [5.74, 6) is -0.560. The summed E-state index contributed by atoms with van der Waals surface area (Å²) in [6, 6.07) is 6.71. The van der Waals surface area contributed by atoms with Gasteiger partial charge in [0.1, 0.15) is 5.69 Å². The lowest BCUT2D eigenvalue weighted by molar-refractivity contribution is 0.0919. The molecule has 0 atom stereocenters. The molecule has 2 heterocycles. The molecule has 0 saturated carbocycles. The molecule has 2 aromatic heterocycles. The Balaban J connectivity index is 2.04. The van der Waals surface area contributed by atoms with Crippen LogP contribution in [0.2, 0.25) is 0 Å². The fourth-order valence-electron chi connectivity index (χ4n) is 1.88. The number of hydrogen-bond acceptors (Lipinski definition) is 4. The van der Waals surface area contributed by atoms with E-state index in [-0.39, 0.29) is 23.0 Å². The van der Waals surface area contributed by atoms with E-state index in [4.69, 9.17) is 0 Å². The summed E-state index contributed by atoms with van der Waals surface area (Å²) in [4.78, 5) is 32.2. The molecule has 6 heteroatoms. The molecular weight excluding hydrogens is 292 g/mol. The van der Waals surface area contributed by atoms with Crippen molar-refractivity contribution in [2.45, 2.75) is 32.9 Å². The maximum absolute atomic E-state index is 12.2. The van der Waals surface area contributed by atoms with Crippen LogP contribution in [0.25, 0.3) is 0 Å². The molecule has 0 spiro atoms. The second kappa shape index (κ2) is 7.00. The summed E-state index contributed by atoms with van der Waals surface area (Å²) < 4.78 is 0. The Labute approximate surface area is 135 Å². The highest BCUT2D eigenvalue weighted by Crippen LogP contribution is 2.06. The highest BCUT2D eigenvalue weighted by atomic mass is 16.2. The fraction of sp³-hybridized carbons (Fsp3) is 0.294. The van der Waals surface area contributed by atoms with Crippen molar-refractivity contribution in [3.05, 3.63) is 59.7 Å². The number of carbonyl (C=O) groups is 2. The molecule has 0 unspecified atom stereocenters. The van der Waals surface area contributed by atoms with Crippen LogP contribution < -0.4 is 10.6 Å². The zero-order valence-electron chi connectivity index (χ0n) is 13.5. The fourth-order valence-corrected chi connectivity index (χ4v) is 1.88. The summed E-state index contributed by atoms with van der Waals surface area (Å²) in [7, 11) is 0. The minimum Gasteiger partial charge on any atom is -0.347 e. The number of aromatic nitrogens is 2. The zero-order chi connectivity index (χ0) is 16.9. The maximum Gasteiger partial charge on any atom is 0.270 e. The molecular formula is C17H20N4O2. The van der Waals surface area contributed by atoms with E-state index in [1.807, 2.05) is 32.9 Å². The standard InChI is InChI=1S/C17H20N4O2/c1-17(2,3)21-15(22)13-6-9-19-14(10-13)16(23)20-11-12-4-7-18-8-5-12/h4-10H,11H2,1-3H3,(H,20,23)(H,21,22). The van der Waals surface area contributed by atoms with Crippen LogP contribution in [0.3, 0.4) is 0 Å². The number of nitrogens with zero attached hydrogens (tertiary/aromatic N) is 2. The van der Waals surface area contributed by atoms with Crippen LogP contribution in [-0.4, -0.2) is 27.3 Å². The first kappa shape index (κ1) is 16.6. The van der Waals surface area contributed by atoms with Gasteiger partial charge in [-0.3, -0.25) is 19.6 Å². The lowest BCUT2D eigenvalue weighted by atomic mass is 10.1. The molecule has 0 aliphatic carbocycles. The minimum atomic E-state index is -0.343. The van der Waals surface area contributed by atoms with Crippen LogP contribution in [-0.2, 0) is 6.54 Å². The minimum absolute atomic E-state index is 0.209. The van der Waals surface area contributed by atoms with E-state index < -0.39 is 0 Å². The van der Waals surface area contributed by atoms with Crippen molar-refractivity contribution in [3.8, 4) is 0 Å². The van der Waals surface area contributed by atoms with Crippen molar-refractivity contribution in [2.24, 2.45) is 0 Å². The number of rotatable bonds is 4. The van der Waals surface area contributed by atoms with Crippen LogP contribution >= 0.6 is 0 Å². The van der Waals surface area contributed by atoms with Gasteiger partial charge in [-0.05, 0) is 50.6 Å². The average molecular weight is 312 g/mol. The van der Waals surface area contributed by atoms with Crippen LogP contribution in [0.4, 0.5) is 0 Å². The third kappa shape index (κ3) is 5.18. The van der Waals surface area contributed by atoms with Gasteiger partial charge in [-0.2, -0.15) is 0 Å². The first-order valence-electron chi connectivity index (χ1n) is 7.31. The molecule has 2 rings (SSSR count). The Hall–Kier alpha value is -2.76. The van der Waals surface area contributed by atoms with Crippen LogP contribution in [0.1, 0.15) is 47.2 Å². The lowest BCUT2D eigenvalue weighted by Crippen LogP contribution is -2.40. The SMILES string of the molecule is CC(C)(C)NC(=O)c1ccnc(C(=O)NCc2ccncc2)c1. The van der Waals surface area contributed by atoms with Gasteiger partial charge in [-0.1, -0.05) is 0 Å². The third-order valence-corrected chi connectivity index (χ3v) is 2.95. The van der Waals surface area contributed by atoms with Crippen molar-refractivity contribution in [2.75, 3.05) is 0 Å². The summed E-state index contributed by atoms with van der Waals surface area (Å²) in [5, 5.41) is 5.62. The molecule has 2 N–H and O–H groups in total. The molecule has 6 nitrogen and oxygen atoms in total. The van der Waals surface area contributed by atoms with Gasteiger partial charge >= 0.3 is 0 Å². The molecule has 0 aliphatic heterocycles. The number of amides is 2. The molecule has 0 radical (unpaired) electrons. The van der Waals surface area contributed by atoms with Crippen molar-refractivity contribution >= 4 is 11.8 Å². The normalized spacial score (nSPS) is 10.9. The van der Waals surface area contributed by atoms with Crippen LogP contribution in [0.5, 0.6) is 0 Å². The summed E-state index contributed by atoms with van der Waals surface area (Å²) >= 11 is 0. The Morgan fingerprint density at radius 3 is 2.39 bits per heavy atom. The van der Waals surface area contributed by atoms with Gasteiger partial charge in [0.25, 0.3) is 11.8 Å². The van der Waals surface area contributed by atoms with Gasteiger partial charge in [0.2, 0.25) is 0 Å². The van der Waals surface area contributed by atoms with Crippen LogP contribution in [0.15, 0.2) is 42.9 Å². The van der Waals surface area contributed by atoms with E-state index in [0.717, 1.165) is 5.56 Å². The van der Waals surface area contributed by atoms with Gasteiger partial charge in [-0.25, -0.2) is 0 Å². The predicted octanol–water partition coefficient (Wildman–Crippen LogP) is 1.93. The first-order chi connectivity index (χ1) is 10.8. The monoisotopic (exact) mass is 312 g/mol. The second-order valence-corrected chi connectivity index (χ2v) is 6.17. The molecule has 0 bridgehead atoms. The highest BCUT2D eigenvalue weighted by molar-refractivity contribution is 5.98. The van der Waals surface area contributed by atoms with Crippen molar-refractivity contribution in [1.82, 2.24) is 20.6 Å². The van der Waals surface area contributed by atoms with Gasteiger partial charge < -0.3 is 10.6 Å². The van der Waals surface area contributed by atoms with E-state index in [0.29, 0.717) is 12.1 Å². The molecule has 120 valence electrons. The van der Waals surface area contributed by atoms with Crippen LogP contribution in [0, 0.1) is 0 Å². The quantitative estimate of drug-likeness (QED) is 0.903. The molecule has 23 heavy (non-hydrogen) atoms. The van der Waals surface area contributed by atoms with Gasteiger partial charge in [0, 0.05) is 36.2 Å². The topological polar surface area (TPSA) is 84.0 Å². The second-order valence-electron chi connectivity index (χ2n) is 6.17. The molecule has 0 fully saturated rings. The van der Waals surface area contributed by atoms with E-state index >= 15 is 0 Å². The highest BCUT2D eigenvalue weighted by Gasteiger charge is 2.17. The van der Waals surface area contributed by atoms with Crippen molar-refractivity contribution in [3.63, 3.8) is 0 Å². The lowest BCUT2D eigenvalue weighted by Gasteiger charge is -2.20. The summed E-state index contributed by atoms with van der Waals surface area (Å²) in [6.45, 7) is 6.07. The van der Waals surface area contributed by atoms with E-state index in [2.05, 4.69) is 20.6 Å². The molecule has 2 aromatic rings. The largest absolute Gasteiger partial charge is 0.347 e. The summed E-state index contributed by atoms with van der Waals surface area (Å²) in [5.41, 5.74) is 1.21. The maximum atomic E-state index is 12.2. The molecule has 0 saturated heterocycles. The number of carbonyl (C=O) groups excluding carboxylic acids is 2. The van der Waals surface area contributed by atoms with Crippen molar-refractivity contribution < 1.29 is 9.59 Å². The Morgan fingerprint density at radius 2 is 1.74 bits per heavy atom. The Kier molecular flexibility index (Phi) is 5.05. The van der Waals surface area contributed by atoms with Crippen molar-refractivity contribution in [1.29, 1.82) is 0 Å². The molecule has 0 aliphatic rings. The average Bonchev–Trinajstić information content (AvgIpc) is 2.52.